The zero-order valence-electron chi connectivity index (χ0n) is 18.9. The van der Waals surface area contributed by atoms with Gasteiger partial charge in [-0.25, -0.2) is 4.98 Å². The average molecular weight is 436 g/mol. The summed E-state index contributed by atoms with van der Waals surface area (Å²) in [6.07, 6.45) is 4.33. The Balaban J connectivity index is 1.78. The highest BCUT2D eigenvalue weighted by molar-refractivity contribution is 5.79. The van der Waals surface area contributed by atoms with Crippen LogP contribution in [0.5, 0.6) is 0 Å². The number of amides is 1. The van der Waals surface area contributed by atoms with Crippen LogP contribution >= 0.6 is 0 Å². The maximum atomic E-state index is 12.8. The third-order valence-electron chi connectivity index (χ3n) is 6.78. The lowest BCUT2D eigenvalue weighted by Gasteiger charge is -2.39. The van der Waals surface area contributed by atoms with E-state index < -0.39 is 5.54 Å². The number of hydrogen-bond donors (Lipinski definition) is 1. The number of fused-ring (bicyclic) bond motifs is 1. The molecule has 1 heterocycles. The van der Waals surface area contributed by atoms with Gasteiger partial charge in [-0.3, -0.25) is 4.79 Å². The van der Waals surface area contributed by atoms with Crippen molar-refractivity contribution in [2.24, 2.45) is 5.92 Å². The summed E-state index contributed by atoms with van der Waals surface area (Å²) in [7, 11) is 0. The highest BCUT2D eigenvalue weighted by atomic mass is 16.1. The largest absolute Gasteiger partial charge is 0.356 e. The van der Waals surface area contributed by atoms with Crippen LogP contribution in [0.15, 0.2) is 97.3 Å². The van der Waals surface area contributed by atoms with E-state index in [0.29, 0.717) is 13.0 Å². The van der Waals surface area contributed by atoms with Crippen LogP contribution in [-0.2, 0) is 23.2 Å². The van der Waals surface area contributed by atoms with Gasteiger partial charge in [-0.15, -0.1) is 0 Å². The fourth-order valence-electron chi connectivity index (χ4n) is 5.27. The molecule has 1 atom stereocenters. The molecule has 1 aromatic heterocycles. The number of carbonyl (C=O) groups excluding carboxylic acids is 1. The summed E-state index contributed by atoms with van der Waals surface area (Å²) in [5, 5.41) is 3.02. The molecule has 4 heteroatoms. The molecule has 33 heavy (non-hydrogen) atoms. The highest BCUT2D eigenvalue weighted by Gasteiger charge is 2.41. The van der Waals surface area contributed by atoms with Crippen LogP contribution in [0.3, 0.4) is 0 Å². The summed E-state index contributed by atoms with van der Waals surface area (Å²) in [5.41, 5.74) is 5.16. The minimum absolute atomic E-state index is 0.0343. The quantitative estimate of drug-likeness (QED) is 0.435. The summed E-state index contributed by atoms with van der Waals surface area (Å²) >= 11 is 0. The second-order valence-electron chi connectivity index (χ2n) is 8.65. The van der Waals surface area contributed by atoms with E-state index in [2.05, 4.69) is 101 Å². The maximum absolute atomic E-state index is 12.8. The number of nitrogens with one attached hydrogen (secondary N) is 1. The standard InChI is InChI=1S/C29H29N3O/c1-2-30-28(33)22-18-19-26-27(20-22)32(21-31-26)29(23-12-6-3-7-13-23,24-14-8-4-9-15-24)25-16-10-5-11-17-25/h3-17,21-22H,2,18-20H2,1H3,(H,30,33). The monoisotopic (exact) mass is 435 g/mol. The minimum atomic E-state index is -0.590. The predicted molar refractivity (Wildman–Crippen MR) is 131 cm³/mol. The Bertz CT molecular complexity index is 1120. The van der Waals surface area contributed by atoms with Crippen molar-refractivity contribution < 1.29 is 4.79 Å². The van der Waals surface area contributed by atoms with Gasteiger partial charge >= 0.3 is 0 Å². The van der Waals surface area contributed by atoms with E-state index in [0.717, 1.165) is 24.2 Å². The van der Waals surface area contributed by atoms with E-state index in [-0.39, 0.29) is 11.8 Å². The number of aromatic nitrogens is 2. The van der Waals surface area contributed by atoms with Gasteiger partial charge in [0, 0.05) is 24.6 Å². The van der Waals surface area contributed by atoms with Gasteiger partial charge in [0.1, 0.15) is 5.54 Å². The van der Waals surface area contributed by atoms with Gasteiger partial charge < -0.3 is 9.88 Å². The summed E-state index contributed by atoms with van der Waals surface area (Å²) in [5.74, 6) is 0.105. The second-order valence-corrected chi connectivity index (χ2v) is 8.65. The molecule has 0 aliphatic heterocycles. The Morgan fingerprint density at radius 1 is 0.909 bits per heavy atom. The summed E-state index contributed by atoms with van der Waals surface area (Å²) in [6, 6.07) is 31.9. The molecule has 0 saturated heterocycles. The van der Waals surface area contributed by atoms with Crippen LogP contribution in [0, 0.1) is 5.92 Å². The van der Waals surface area contributed by atoms with Crippen LogP contribution in [0.2, 0.25) is 0 Å². The molecule has 0 bridgehead atoms. The zero-order valence-corrected chi connectivity index (χ0v) is 18.9. The Morgan fingerprint density at radius 2 is 1.42 bits per heavy atom. The number of hydrogen-bond acceptors (Lipinski definition) is 2. The molecule has 1 aliphatic carbocycles. The van der Waals surface area contributed by atoms with Gasteiger partial charge in [-0.1, -0.05) is 91.0 Å². The molecule has 5 rings (SSSR count). The molecule has 1 N–H and O–H groups in total. The number of benzene rings is 3. The number of carbonyl (C=O) groups is 1. The topological polar surface area (TPSA) is 46.9 Å². The molecule has 4 nitrogen and oxygen atoms in total. The first kappa shape index (κ1) is 21.2. The first-order valence-electron chi connectivity index (χ1n) is 11.7. The summed E-state index contributed by atoms with van der Waals surface area (Å²) in [4.78, 5) is 17.6. The molecule has 4 aromatic rings. The molecular formula is C29H29N3O. The third kappa shape index (κ3) is 3.66. The molecule has 1 amide bonds. The van der Waals surface area contributed by atoms with Gasteiger partial charge in [0.25, 0.3) is 0 Å². The van der Waals surface area contributed by atoms with Gasteiger partial charge in [0.05, 0.1) is 12.0 Å². The number of nitrogens with zero attached hydrogens (tertiary/aromatic N) is 2. The summed E-state index contributed by atoms with van der Waals surface area (Å²) < 4.78 is 2.33. The number of imidazole rings is 1. The van der Waals surface area contributed by atoms with Crippen molar-refractivity contribution in [3.63, 3.8) is 0 Å². The lowest BCUT2D eigenvalue weighted by Crippen LogP contribution is -2.40. The molecule has 3 aromatic carbocycles. The first-order chi connectivity index (χ1) is 16.2. The van der Waals surface area contributed by atoms with Gasteiger partial charge in [0.15, 0.2) is 0 Å². The predicted octanol–water partition coefficient (Wildman–Crippen LogP) is 4.96. The van der Waals surface area contributed by atoms with Crippen molar-refractivity contribution in [1.82, 2.24) is 14.9 Å². The SMILES string of the molecule is CCNC(=O)C1CCc2ncn(C(c3ccccc3)(c3ccccc3)c3ccccc3)c2C1. The first-order valence-corrected chi connectivity index (χ1v) is 11.7. The minimum Gasteiger partial charge on any atom is -0.356 e. The molecule has 0 spiro atoms. The third-order valence-corrected chi connectivity index (χ3v) is 6.78. The summed E-state index contributed by atoms with van der Waals surface area (Å²) in [6.45, 7) is 2.63. The zero-order chi connectivity index (χ0) is 22.7. The molecule has 0 fully saturated rings. The van der Waals surface area contributed by atoms with E-state index in [1.807, 2.05) is 13.3 Å². The second kappa shape index (κ2) is 9.07. The highest BCUT2D eigenvalue weighted by Crippen LogP contribution is 2.43. The van der Waals surface area contributed by atoms with E-state index in [1.165, 1.54) is 16.7 Å². The van der Waals surface area contributed by atoms with Crippen molar-refractivity contribution >= 4 is 5.91 Å². The maximum Gasteiger partial charge on any atom is 0.223 e. The van der Waals surface area contributed by atoms with Gasteiger partial charge in [0.2, 0.25) is 5.91 Å². The Morgan fingerprint density at radius 3 is 1.91 bits per heavy atom. The lowest BCUT2D eigenvalue weighted by atomic mass is 9.76. The fourth-order valence-corrected chi connectivity index (χ4v) is 5.27. The van der Waals surface area contributed by atoms with E-state index in [4.69, 9.17) is 4.98 Å². The molecule has 0 radical (unpaired) electrons. The number of aryl methyl sites for hydroxylation is 1. The van der Waals surface area contributed by atoms with Crippen LogP contribution < -0.4 is 5.32 Å². The normalized spacial score (nSPS) is 15.6. The fraction of sp³-hybridized carbons (Fsp3) is 0.241. The lowest BCUT2D eigenvalue weighted by molar-refractivity contribution is -0.125. The smallest absolute Gasteiger partial charge is 0.223 e. The number of rotatable bonds is 6. The molecule has 0 saturated carbocycles. The molecule has 166 valence electrons. The van der Waals surface area contributed by atoms with Crippen LogP contribution in [0.1, 0.15) is 41.4 Å². The molecule has 1 unspecified atom stereocenters. The van der Waals surface area contributed by atoms with Crippen molar-refractivity contribution in [1.29, 1.82) is 0 Å². The van der Waals surface area contributed by atoms with Crippen molar-refractivity contribution in [2.45, 2.75) is 31.7 Å². The Kier molecular flexibility index (Phi) is 5.82. The van der Waals surface area contributed by atoms with Crippen LogP contribution in [0.25, 0.3) is 0 Å². The van der Waals surface area contributed by atoms with E-state index in [9.17, 15) is 4.79 Å². The van der Waals surface area contributed by atoms with E-state index >= 15 is 0 Å². The van der Waals surface area contributed by atoms with E-state index in [1.54, 1.807) is 0 Å². The molecular weight excluding hydrogens is 406 g/mol. The van der Waals surface area contributed by atoms with Gasteiger partial charge in [-0.2, -0.15) is 0 Å². The van der Waals surface area contributed by atoms with Crippen LogP contribution in [0.4, 0.5) is 0 Å². The van der Waals surface area contributed by atoms with Crippen molar-refractivity contribution in [2.75, 3.05) is 6.54 Å². The van der Waals surface area contributed by atoms with Gasteiger partial charge in [-0.05, 0) is 36.5 Å². The Labute approximate surface area is 195 Å². The Hall–Kier alpha value is -3.66. The molecule has 1 aliphatic rings. The van der Waals surface area contributed by atoms with Crippen molar-refractivity contribution in [3.8, 4) is 0 Å². The van der Waals surface area contributed by atoms with Crippen LogP contribution in [-0.4, -0.2) is 22.0 Å². The van der Waals surface area contributed by atoms with Crippen molar-refractivity contribution in [3.05, 3.63) is 125 Å². The average Bonchev–Trinajstić information content (AvgIpc) is 3.30.